The Morgan fingerprint density at radius 2 is 1.88 bits per heavy atom. The zero-order valence-electron chi connectivity index (χ0n) is 17.6. The summed E-state index contributed by atoms with van der Waals surface area (Å²) in [5.41, 5.74) is 2.11. The lowest BCUT2D eigenvalue weighted by Crippen LogP contribution is -2.38. The van der Waals surface area contributed by atoms with Gasteiger partial charge >= 0.3 is 5.69 Å². The predicted molar refractivity (Wildman–Crippen MR) is 124 cm³/mol. The fraction of sp³-hybridized carbons (Fsp3) is 0.160. The van der Waals surface area contributed by atoms with E-state index in [9.17, 15) is 9.59 Å². The highest BCUT2D eigenvalue weighted by atomic mass is 32.1. The third-order valence-electron chi connectivity index (χ3n) is 5.06. The van der Waals surface area contributed by atoms with Crippen molar-refractivity contribution in [2.75, 3.05) is 7.11 Å². The van der Waals surface area contributed by atoms with Crippen molar-refractivity contribution in [1.29, 1.82) is 5.26 Å². The molecule has 0 aliphatic heterocycles. The highest BCUT2D eigenvalue weighted by molar-refractivity contribution is 7.18. The molecule has 32 heavy (non-hydrogen) atoms. The standard InChI is InChI=1S/C25H19N3O3S/c1-17-23(29)27(15-20-11-9-19(14-26)10-12-20)25(30)28-16-22(32-24(17)28)8-4-6-18-5-3-7-21(13-18)31-2/h3,5,7,9-13,16H,6,15H2,1-2H3. The molecule has 0 bridgehead atoms. The van der Waals surface area contributed by atoms with Crippen LogP contribution < -0.4 is 16.0 Å². The number of fused-ring (bicyclic) bond motifs is 1. The Kier molecular flexibility index (Phi) is 5.93. The smallest absolute Gasteiger partial charge is 0.336 e. The Bertz CT molecular complexity index is 1520. The SMILES string of the molecule is COc1cccc(CC#Cc2cn3c(=O)n(Cc4ccc(C#N)cc4)c(=O)c(C)c3s2)c1. The van der Waals surface area contributed by atoms with Gasteiger partial charge in [0.05, 0.1) is 30.2 Å². The van der Waals surface area contributed by atoms with Gasteiger partial charge in [-0.2, -0.15) is 5.26 Å². The molecule has 4 rings (SSSR count). The van der Waals surface area contributed by atoms with Gasteiger partial charge in [-0.3, -0.25) is 13.8 Å². The van der Waals surface area contributed by atoms with Crippen molar-refractivity contribution in [3.8, 4) is 23.7 Å². The number of hydrogen-bond donors (Lipinski definition) is 0. The lowest BCUT2D eigenvalue weighted by atomic mass is 10.1. The van der Waals surface area contributed by atoms with E-state index in [1.165, 1.54) is 20.3 Å². The van der Waals surface area contributed by atoms with Crippen molar-refractivity contribution in [1.82, 2.24) is 8.97 Å². The van der Waals surface area contributed by atoms with E-state index in [0.29, 0.717) is 27.3 Å². The quantitative estimate of drug-likeness (QED) is 0.455. The van der Waals surface area contributed by atoms with Crippen LogP contribution in [-0.2, 0) is 13.0 Å². The lowest BCUT2D eigenvalue weighted by Gasteiger charge is -2.07. The van der Waals surface area contributed by atoms with E-state index < -0.39 is 5.69 Å². The molecule has 2 aromatic carbocycles. The summed E-state index contributed by atoms with van der Waals surface area (Å²) < 4.78 is 7.93. The zero-order chi connectivity index (χ0) is 22.7. The van der Waals surface area contributed by atoms with E-state index in [4.69, 9.17) is 10.00 Å². The van der Waals surface area contributed by atoms with Crippen molar-refractivity contribution in [3.63, 3.8) is 0 Å². The van der Waals surface area contributed by atoms with Crippen LogP contribution in [0.5, 0.6) is 5.75 Å². The van der Waals surface area contributed by atoms with Crippen LogP contribution in [0.1, 0.15) is 27.1 Å². The van der Waals surface area contributed by atoms with E-state index in [1.54, 1.807) is 44.5 Å². The third kappa shape index (κ3) is 4.20. The van der Waals surface area contributed by atoms with Crippen LogP contribution in [0.15, 0.2) is 64.3 Å². The first kappa shape index (κ1) is 21.2. The van der Waals surface area contributed by atoms with Gasteiger partial charge in [-0.15, -0.1) is 11.3 Å². The molecule has 158 valence electrons. The first-order chi connectivity index (χ1) is 15.5. The van der Waals surface area contributed by atoms with Crippen molar-refractivity contribution in [2.24, 2.45) is 0 Å². The van der Waals surface area contributed by atoms with Gasteiger partial charge in [-0.1, -0.05) is 36.1 Å². The average molecular weight is 442 g/mol. The summed E-state index contributed by atoms with van der Waals surface area (Å²) in [7, 11) is 1.62. The molecule has 0 atom stereocenters. The Labute approximate surface area is 188 Å². The molecule has 7 heteroatoms. The van der Waals surface area contributed by atoms with Gasteiger partial charge in [-0.25, -0.2) is 4.79 Å². The number of aromatic nitrogens is 2. The molecule has 0 spiro atoms. The van der Waals surface area contributed by atoms with Crippen LogP contribution in [-0.4, -0.2) is 16.1 Å². The van der Waals surface area contributed by atoms with Crippen molar-refractivity contribution < 1.29 is 4.74 Å². The van der Waals surface area contributed by atoms with Gasteiger partial charge in [0, 0.05) is 18.2 Å². The molecular formula is C25H19N3O3S. The molecule has 0 fully saturated rings. The maximum absolute atomic E-state index is 13.0. The summed E-state index contributed by atoms with van der Waals surface area (Å²) >= 11 is 1.33. The van der Waals surface area contributed by atoms with Crippen LogP contribution in [0.2, 0.25) is 0 Å². The van der Waals surface area contributed by atoms with E-state index in [-0.39, 0.29) is 12.1 Å². The van der Waals surface area contributed by atoms with Crippen LogP contribution in [0, 0.1) is 30.1 Å². The van der Waals surface area contributed by atoms with Gasteiger partial charge in [0.1, 0.15) is 10.6 Å². The summed E-state index contributed by atoms with van der Waals surface area (Å²) in [6.07, 6.45) is 2.23. The largest absolute Gasteiger partial charge is 0.497 e. The minimum atomic E-state index is -0.406. The number of nitrogens with zero attached hydrogens (tertiary/aromatic N) is 3. The van der Waals surface area contributed by atoms with Gasteiger partial charge in [0.2, 0.25) is 0 Å². The Balaban J connectivity index is 1.66. The van der Waals surface area contributed by atoms with Crippen LogP contribution in [0.3, 0.4) is 0 Å². The molecular weight excluding hydrogens is 422 g/mol. The first-order valence-corrected chi connectivity index (χ1v) is 10.7. The summed E-state index contributed by atoms with van der Waals surface area (Å²) in [5, 5.41) is 8.94. The third-order valence-corrected chi connectivity index (χ3v) is 6.18. The number of thiazole rings is 1. The summed E-state index contributed by atoms with van der Waals surface area (Å²) in [4.78, 5) is 27.2. The summed E-state index contributed by atoms with van der Waals surface area (Å²) in [5.74, 6) is 7.01. The van der Waals surface area contributed by atoms with Crippen molar-refractivity contribution in [3.05, 3.63) is 103 Å². The fourth-order valence-corrected chi connectivity index (χ4v) is 4.31. The van der Waals surface area contributed by atoms with Gasteiger partial charge < -0.3 is 4.74 Å². The number of benzene rings is 2. The second-order valence-electron chi connectivity index (χ2n) is 7.21. The highest BCUT2D eigenvalue weighted by Gasteiger charge is 2.14. The number of hydrogen-bond acceptors (Lipinski definition) is 5. The van der Waals surface area contributed by atoms with Crippen LogP contribution in [0.4, 0.5) is 0 Å². The molecule has 2 heterocycles. The molecule has 0 aliphatic carbocycles. The van der Waals surface area contributed by atoms with Crippen LogP contribution >= 0.6 is 11.3 Å². The number of nitriles is 1. The van der Waals surface area contributed by atoms with Gasteiger partial charge in [0.15, 0.2) is 0 Å². The Hall–Kier alpha value is -4.07. The van der Waals surface area contributed by atoms with Gasteiger partial charge in [0.25, 0.3) is 5.56 Å². The number of aryl methyl sites for hydroxylation is 1. The maximum atomic E-state index is 13.0. The molecule has 0 unspecified atom stereocenters. The molecule has 0 amide bonds. The molecule has 2 aromatic heterocycles. The van der Waals surface area contributed by atoms with E-state index in [1.807, 2.05) is 24.3 Å². The lowest BCUT2D eigenvalue weighted by molar-refractivity contribution is 0.414. The van der Waals surface area contributed by atoms with Crippen molar-refractivity contribution >= 4 is 16.2 Å². The second kappa shape index (κ2) is 8.97. The van der Waals surface area contributed by atoms with Gasteiger partial charge in [-0.05, 0) is 42.3 Å². The number of rotatable bonds is 4. The summed E-state index contributed by atoms with van der Waals surface area (Å²) in [6, 6.07) is 16.6. The Morgan fingerprint density at radius 1 is 1.09 bits per heavy atom. The Morgan fingerprint density at radius 3 is 2.59 bits per heavy atom. The average Bonchev–Trinajstić information content (AvgIpc) is 3.25. The number of methoxy groups -OCH3 is 1. The van der Waals surface area contributed by atoms with E-state index in [2.05, 4.69) is 17.9 Å². The van der Waals surface area contributed by atoms with Crippen LogP contribution in [0.25, 0.3) is 4.83 Å². The first-order valence-electron chi connectivity index (χ1n) is 9.86. The predicted octanol–water partition coefficient (Wildman–Crippen LogP) is 3.35. The molecule has 4 aromatic rings. The number of ether oxygens (including phenoxy) is 1. The minimum Gasteiger partial charge on any atom is -0.497 e. The monoisotopic (exact) mass is 441 g/mol. The fourth-order valence-electron chi connectivity index (χ4n) is 3.35. The molecule has 0 saturated heterocycles. The summed E-state index contributed by atoms with van der Waals surface area (Å²) in [6.45, 7) is 1.86. The van der Waals surface area contributed by atoms with E-state index >= 15 is 0 Å². The second-order valence-corrected chi connectivity index (χ2v) is 8.24. The topological polar surface area (TPSA) is 76.5 Å². The molecule has 0 radical (unpaired) electrons. The molecule has 6 nitrogen and oxygen atoms in total. The molecule has 0 aliphatic rings. The molecule has 0 N–H and O–H groups in total. The maximum Gasteiger partial charge on any atom is 0.336 e. The van der Waals surface area contributed by atoms with E-state index in [0.717, 1.165) is 16.9 Å². The van der Waals surface area contributed by atoms with Crippen molar-refractivity contribution in [2.45, 2.75) is 19.9 Å². The normalized spacial score (nSPS) is 10.4. The molecule has 0 saturated carbocycles. The zero-order valence-corrected chi connectivity index (χ0v) is 18.4. The highest BCUT2D eigenvalue weighted by Crippen LogP contribution is 2.18. The minimum absolute atomic E-state index is 0.139.